The molecular weight excluding hydrogens is 841 g/mol. The first-order valence-corrected chi connectivity index (χ1v) is 34.7. The predicted molar refractivity (Wildman–Crippen MR) is 325 cm³/mol. The lowest BCUT2D eigenvalue weighted by Crippen LogP contribution is -2.05. The van der Waals surface area contributed by atoms with Crippen molar-refractivity contribution in [1.29, 1.82) is 0 Å². The van der Waals surface area contributed by atoms with Crippen LogP contribution in [0.5, 0.6) is 0 Å². The Morgan fingerprint density at radius 1 is 0.143 bits per heavy atom. The number of hydrogen-bond donors (Lipinski definition) is 0. The molecule has 70 heavy (non-hydrogen) atoms. The van der Waals surface area contributed by atoms with Crippen LogP contribution < -0.4 is 0 Å². The van der Waals surface area contributed by atoms with E-state index in [1.54, 1.807) is 0 Å². The van der Waals surface area contributed by atoms with Crippen LogP contribution in [0.15, 0.2) is 0 Å². The molecule has 0 aliphatic heterocycles. The minimum atomic E-state index is 0.943. The van der Waals surface area contributed by atoms with Crippen molar-refractivity contribution in [3.05, 3.63) is 0 Å². The van der Waals surface area contributed by atoms with E-state index < -0.39 is 0 Å². The minimum Gasteiger partial charge on any atom is -0.0654 e. The molecule has 0 aromatic carbocycles. The van der Waals surface area contributed by atoms with Gasteiger partial charge in [-0.3, -0.25) is 0 Å². The summed E-state index contributed by atoms with van der Waals surface area (Å²) in [4.78, 5) is 0. The maximum atomic E-state index is 2.60. The first-order valence-electron chi connectivity index (χ1n) is 34.7. The SMILES string of the molecule is CCCCCCCCCCCCCCCCCCCCCCCC(CCCCCCCCCCCCCCCCCCCCCC)CCC(C)CCCCCCCCCCCCCCCCCCCC. The van der Waals surface area contributed by atoms with Crippen LogP contribution in [0.1, 0.15) is 439 Å². The smallest absolute Gasteiger partial charge is 0.0414 e. The van der Waals surface area contributed by atoms with Crippen molar-refractivity contribution in [3.8, 4) is 0 Å². The van der Waals surface area contributed by atoms with E-state index in [0.29, 0.717) is 0 Å². The van der Waals surface area contributed by atoms with Gasteiger partial charge in [0.05, 0.1) is 0 Å². The van der Waals surface area contributed by atoms with Gasteiger partial charge in [-0.25, -0.2) is 0 Å². The molecule has 0 aromatic heterocycles. The van der Waals surface area contributed by atoms with Crippen LogP contribution in [-0.4, -0.2) is 0 Å². The van der Waals surface area contributed by atoms with E-state index in [0.717, 1.165) is 11.8 Å². The Labute approximate surface area is 448 Å². The maximum absolute atomic E-state index is 2.60. The zero-order valence-electron chi connectivity index (χ0n) is 50.4. The zero-order chi connectivity index (χ0) is 50.4. The molecule has 0 saturated heterocycles. The van der Waals surface area contributed by atoms with Gasteiger partial charge in [-0.1, -0.05) is 439 Å². The van der Waals surface area contributed by atoms with Crippen LogP contribution >= 0.6 is 0 Å². The summed E-state index contributed by atoms with van der Waals surface area (Å²) in [5, 5.41) is 0. The number of rotatable bonds is 65. The molecule has 0 aromatic rings. The van der Waals surface area contributed by atoms with Crippen molar-refractivity contribution in [2.75, 3.05) is 0 Å². The van der Waals surface area contributed by atoms with Gasteiger partial charge in [-0.2, -0.15) is 0 Å². The first kappa shape index (κ1) is 70.0. The highest BCUT2D eigenvalue weighted by molar-refractivity contribution is 4.65. The number of hydrogen-bond acceptors (Lipinski definition) is 0. The molecule has 0 nitrogen and oxygen atoms in total. The first-order chi connectivity index (χ1) is 34.7. The van der Waals surface area contributed by atoms with E-state index >= 15 is 0 Å². The van der Waals surface area contributed by atoms with Crippen LogP contribution in [0, 0.1) is 11.8 Å². The molecule has 0 spiro atoms. The summed E-state index contributed by atoms with van der Waals surface area (Å²) < 4.78 is 0. The lowest BCUT2D eigenvalue weighted by molar-refractivity contribution is 0.334. The molecule has 422 valence electrons. The second-order valence-electron chi connectivity index (χ2n) is 24.7. The van der Waals surface area contributed by atoms with Crippen molar-refractivity contribution in [2.24, 2.45) is 11.8 Å². The topological polar surface area (TPSA) is 0 Å². The minimum absolute atomic E-state index is 0.943. The summed E-state index contributed by atoms with van der Waals surface area (Å²) in [5.74, 6) is 1.96. The van der Waals surface area contributed by atoms with Crippen LogP contribution in [0.25, 0.3) is 0 Å². The summed E-state index contributed by atoms with van der Waals surface area (Å²) >= 11 is 0. The normalized spacial score (nSPS) is 12.7. The Balaban J connectivity index is 4.07. The van der Waals surface area contributed by atoms with Crippen molar-refractivity contribution in [3.63, 3.8) is 0 Å². The largest absolute Gasteiger partial charge is 0.0654 e. The molecule has 0 bridgehead atoms. The molecule has 0 radical (unpaired) electrons. The monoisotopic (exact) mass is 983 g/mol. The molecule has 0 rings (SSSR count). The van der Waals surface area contributed by atoms with Crippen LogP contribution in [0.2, 0.25) is 0 Å². The summed E-state index contributed by atoms with van der Waals surface area (Å²) in [6.07, 6.45) is 95.1. The Kier molecular flexibility index (Phi) is 65.1. The van der Waals surface area contributed by atoms with Gasteiger partial charge >= 0.3 is 0 Å². The molecule has 0 N–H and O–H groups in total. The van der Waals surface area contributed by atoms with Crippen LogP contribution in [0.4, 0.5) is 0 Å². The van der Waals surface area contributed by atoms with Gasteiger partial charge in [0.1, 0.15) is 0 Å². The Bertz CT molecular complexity index is 858. The van der Waals surface area contributed by atoms with Crippen LogP contribution in [0.3, 0.4) is 0 Å². The van der Waals surface area contributed by atoms with E-state index in [1.165, 1.54) is 411 Å². The molecule has 0 saturated carbocycles. The molecule has 0 fully saturated rings. The summed E-state index contributed by atoms with van der Waals surface area (Å²) in [5.41, 5.74) is 0. The van der Waals surface area contributed by atoms with Crippen molar-refractivity contribution < 1.29 is 0 Å². The quantitative estimate of drug-likeness (QED) is 0.0533. The van der Waals surface area contributed by atoms with Gasteiger partial charge in [-0.15, -0.1) is 0 Å². The Morgan fingerprint density at radius 2 is 0.286 bits per heavy atom. The van der Waals surface area contributed by atoms with E-state index in [9.17, 15) is 0 Å². The highest BCUT2D eigenvalue weighted by atomic mass is 14.2. The molecule has 0 heteroatoms. The average molecular weight is 984 g/mol. The van der Waals surface area contributed by atoms with Gasteiger partial charge in [0.2, 0.25) is 0 Å². The van der Waals surface area contributed by atoms with Crippen LogP contribution in [-0.2, 0) is 0 Å². The summed E-state index contributed by atoms with van der Waals surface area (Å²) in [6, 6.07) is 0. The molecule has 0 aliphatic carbocycles. The molecular formula is C70H142. The molecule has 2 unspecified atom stereocenters. The Hall–Kier alpha value is 0. The maximum Gasteiger partial charge on any atom is -0.0414 e. The second-order valence-corrected chi connectivity index (χ2v) is 24.7. The molecule has 0 heterocycles. The average Bonchev–Trinajstić information content (AvgIpc) is 3.37. The Morgan fingerprint density at radius 3 is 0.457 bits per heavy atom. The van der Waals surface area contributed by atoms with E-state index in [-0.39, 0.29) is 0 Å². The van der Waals surface area contributed by atoms with Crippen molar-refractivity contribution in [1.82, 2.24) is 0 Å². The van der Waals surface area contributed by atoms with E-state index in [4.69, 9.17) is 0 Å². The fraction of sp³-hybridized carbons (Fsp3) is 1.00. The van der Waals surface area contributed by atoms with Gasteiger partial charge < -0.3 is 0 Å². The van der Waals surface area contributed by atoms with Gasteiger partial charge in [0.15, 0.2) is 0 Å². The molecule has 0 aliphatic rings. The third kappa shape index (κ3) is 62.3. The van der Waals surface area contributed by atoms with Crippen molar-refractivity contribution >= 4 is 0 Å². The van der Waals surface area contributed by atoms with Gasteiger partial charge in [0.25, 0.3) is 0 Å². The third-order valence-electron chi connectivity index (χ3n) is 17.3. The fourth-order valence-corrected chi connectivity index (χ4v) is 12.0. The zero-order valence-corrected chi connectivity index (χ0v) is 50.4. The van der Waals surface area contributed by atoms with E-state index in [1.807, 2.05) is 0 Å². The lowest BCUT2D eigenvalue weighted by atomic mass is 9.86. The second kappa shape index (κ2) is 65.1. The lowest BCUT2D eigenvalue weighted by Gasteiger charge is -2.20. The standard InChI is InChI=1S/C70H142/c1-5-8-11-14-17-20-23-26-29-32-35-37-39-42-45-48-51-54-57-60-63-66-70(65-62-59-56-53-50-47-44-41-38-36-33-30-27-24-21-18-15-12-9-6-2)68-67-69(4)64-61-58-55-52-49-46-43-40-34-31-28-25-22-19-16-13-10-7-3/h69-70H,5-68H2,1-4H3. The molecule has 2 atom stereocenters. The van der Waals surface area contributed by atoms with Gasteiger partial charge in [-0.05, 0) is 11.8 Å². The highest BCUT2D eigenvalue weighted by Gasteiger charge is 2.12. The molecule has 0 amide bonds. The highest BCUT2D eigenvalue weighted by Crippen LogP contribution is 2.28. The van der Waals surface area contributed by atoms with E-state index in [2.05, 4.69) is 27.7 Å². The summed E-state index contributed by atoms with van der Waals surface area (Å²) in [6.45, 7) is 9.56. The van der Waals surface area contributed by atoms with Gasteiger partial charge in [0, 0.05) is 0 Å². The predicted octanol–water partition coefficient (Wildman–Crippen LogP) is 27.3. The summed E-state index contributed by atoms with van der Waals surface area (Å²) in [7, 11) is 0. The van der Waals surface area contributed by atoms with Crippen molar-refractivity contribution in [2.45, 2.75) is 439 Å². The fourth-order valence-electron chi connectivity index (χ4n) is 12.0. The third-order valence-corrected chi connectivity index (χ3v) is 17.3. The number of unbranched alkanes of at least 4 members (excludes halogenated alkanes) is 56.